The van der Waals surface area contributed by atoms with Crippen LogP contribution in [0.4, 0.5) is 0 Å². The lowest BCUT2D eigenvalue weighted by Gasteiger charge is -2.21. The number of hydrogen-bond acceptors (Lipinski definition) is 4. The molecule has 0 radical (unpaired) electrons. The normalized spacial score (nSPS) is 13.6. The maximum Gasteiger partial charge on any atom is 0.320 e. The molecule has 5 heteroatoms. The van der Waals surface area contributed by atoms with Crippen LogP contribution in [-0.4, -0.2) is 29.4 Å². The summed E-state index contributed by atoms with van der Waals surface area (Å²) in [5.41, 5.74) is 10.6. The van der Waals surface area contributed by atoms with Gasteiger partial charge in [-0.3, -0.25) is 9.59 Å². The zero-order valence-electron chi connectivity index (χ0n) is 9.32. The highest BCUT2D eigenvalue weighted by molar-refractivity contribution is 5.80. The molecule has 1 atom stereocenters. The molecular formula is C10H20N2O3. The summed E-state index contributed by atoms with van der Waals surface area (Å²) in [6.45, 7) is 4.24. The van der Waals surface area contributed by atoms with E-state index in [1.807, 2.05) is 13.8 Å². The van der Waals surface area contributed by atoms with Gasteiger partial charge < -0.3 is 16.6 Å². The van der Waals surface area contributed by atoms with Gasteiger partial charge in [-0.1, -0.05) is 13.8 Å². The smallest absolute Gasteiger partial charge is 0.320 e. The van der Waals surface area contributed by atoms with Crippen LogP contribution in [0.15, 0.2) is 0 Å². The summed E-state index contributed by atoms with van der Waals surface area (Å²) in [7, 11) is 0. The number of nitrogens with two attached hydrogens (primary N) is 2. The summed E-state index contributed by atoms with van der Waals surface area (Å²) in [4.78, 5) is 21.8. The maximum atomic E-state index is 11.4. The standard InChI is InChI=1S/C10H20N2O3/c1-10(2,6-11)5-7(13)3-4-8(12)9(14)15/h8H,3-6,11-12H2,1-2H3,(H,14,15). The Bertz CT molecular complexity index is 239. The van der Waals surface area contributed by atoms with Crippen molar-refractivity contribution in [2.24, 2.45) is 16.9 Å². The van der Waals surface area contributed by atoms with Gasteiger partial charge in [0.15, 0.2) is 0 Å². The number of carbonyl (C=O) groups is 2. The van der Waals surface area contributed by atoms with Crippen molar-refractivity contribution in [3.8, 4) is 0 Å². The molecule has 0 aliphatic heterocycles. The maximum absolute atomic E-state index is 11.4. The fraction of sp³-hybridized carbons (Fsp3) is 0.800. The first-order valence-electron chi connectivity index (χ1n) is 4.98. The van der Waals surface area contributed by atoms with Crippen LogP contribution in [0.2, 0.25) is 0 Å². The fourth-order valence-electron chi connectivity index (χ4n) is 1.13. The van der Waals surface area contributed by atoms with Gasteiger partial charge in [0.25, 0.3) is 0 Å². The molecule has 1 unspecified atom stereocenters. The molecule has 15 heavy (non-hydrogen) atoms. The lowest BCUT2D eigenvalue weighted by molar-refractivity contribution is -0.138. The summed E-state index contributed by atoms with van der Waals surface area (Å²) >= 11 is 0. The van der Waals surface area contributed by atoms with Crippen LogP contribution in [0.5, 0.6) is 0 Å². The molecule has 0 heterocycles. The predicted molar refractivity (Wildman–Crippen MR) is 57.3 cm³/mol. The molecule has 0 bridgehead atoms. The molecule has 0 aromatic carbocycles. The van der Waals surface area contributed by atoms with Crippen LogP contribution in [0.3, 0.4) is 0 Å². The number of carbonyl (C=O) groups excluding carboxylic acids is 1. The molecule has 0 amide bonds. The zero-order valence-corrected chi connectivity index (χ0v) is 9.32. The summed E-state index contributed by atoms with van der Waals surface area (Å²) in [6, 6.07) is -0.949. The molecule has 0 fully saturated rings. The SMILES string of the molecule is CC(C)(CN)CC(=O)CCC(N)C(=O)O. The second-order valence-corrected chi connectivity index (χ2v) is 4.57. The van der Waals surface area contributed by atoms with E-state index in [0.717, 1.165) is 0 Å². The Morgan fingerprint density at radius 1 is 1.40 bits per heavy atom. The van der Waals surface area contributed by atoms with E-state index in [-0.39, 0.29) is 24.0 Å². The first-order valence-corrected chi connectivity index (χ1v) is 4.98. The molecule has 0 saturated carbocycles. The first-order chi connectivity index (χ1) is 6.78. The van der Waals surface area contributed by atoms with E-state index in [1.165, 1.54) is 0 Å². The average Bonchev–Trinajstić information content (AvgIpc) is 2.13. The van der Waals surface area contributed by atoms with Gasteiger partial charge in [-0.25, -0.2) is 0 Å². The Labute approximate surface area is 89.8 Å². The minimum Gasteiger partial charge on any atom is -0.480 e. The van der Waals surface area contributed by atoms with Crippen molar-refractivity contribution in [1.82, 2.24) is 0 Å². The Kier molecular flexibility index (Phi) is 5.46. The van der Waals surface area contributed by atoms with Gasteiger partial charge in [-0.2, -0.15) is 0 Å². The highest BCUT2D eigenvalue weighted by atomic mass is 16.4. The van der Waals surface area contributed by atoms with Crippen molar-refractivity contribution in [1.29, 1.82) is 0 Å². The third-order valence-electron chi connectivity index (χ3n) is 2.28. The molecule has 0 aliphatic rings. The van der Waals surface area contributed by atoms with Crippen molar-refractivity contribution in [2.45, 2.75) is 39.2 Å². The lowest BCUT2D eigenvalue weighted by atomic mass is 9.86. The van der Waals surface area contributed by atoms with Crippen LogP contribution in [0.1, 0.15) is 33.1 Å². The van der Waals surface area contributed by atoms with Gasteiger partial charge in [0, 0.05) is 12.8 Å². The van der Waals surface area contributed by atoms with E-state index in [9.17, 15) is 9.59 Å². The first kappa shape index (κ1) is 14.1. The van der Waals surface area contributed by atoms with Crippen LogP contribution < -0.4 is 11.5 Å². The van der Waals surface area contributed by atoms with E-state index in [2.05, 4.69) is 0 Å². The fourth-order valence-corrected chi connectivity index (χ4v) is 1.13. The number of Topliss-reactive ketones (excluding diaryl/α,β-unsaturated/α-hetero) is 1. The monoisotopic (exact) mass is 216 g/mol. The van der Waals surface area contributed by atoms with Gasteiger partial charge in [0.1, 0.15) is 11.8 Å². The van der Waals surface area contributed by atoms with E-state index < -0.39 is 12.0 Å². The van der Waals surface area contributed by atoms with E-state index >= 15 is 0 Å². The Hall–Kier alpha value is -0.940. The molecule has 88 valence electrons. The summed E-state index contributed by atoms with van der Waals surface area (Å²) < 4.78 is 0. The second-order valence-electron chi connectivity index (χ2n) is 4.57. The molecule has 0 aromatic heterocycles. The number of hydrogen-bond donors (Lipinski definition) is 3. The highest BCUT2D eigenvalue weighted by Gasteiger charge is 2.21. The number of aliphatic carboxylic acids is 1. The van der Waals surface area contributed by atoms with Crippen LogP contribution in [0.25, 0.3) is 0 Å². The Morgan fingerprint density at radius 2 is 1.93 bits per heavy atom. The third kappa shape index (κ3) is 6.19. The van der Waals surface area contributed by atoms with E-state index in [0.29, 0.717) is 13.0 Å². The van der Waals surface area contributed by atoms with Crippen LogP contribution in [0, 0.1) is 5.41 Å². The number of rotatable bonds is 7. The lowest BCUT2D eigenvalue weighted by Crippen LogP contribution is -2.31. The van der Waals surface area contributed by atoms with Crippen molar-refractivity contribution in [2.75, 3.05) is 6.54 Å². The second kappa shape index (κ2) is 5.82. The molecule has 0 aromatic rings. The topological polar surface area (TPSA) is 106 Å². The van der Waals surface area contributed by atoms with E-state index in [1.54, 1.807) is 0 Å². The predicted octanol–water partition coefficient (Wildman–Crippen LogP) is 0.123. The van der Waals surface area contributed by atoms with Crippen molar-refractivity contribution < 1.29 is 14.7 Å². The van der Waals surface area contributed by atoms with Crippen LogP contribution in [-0.2, 0) is 9.59 Å². The highest BCUT2D eigenvalue weighted by Crippen LogP contribution is 2.19. The molecule has 5 nitrogen and oxygen atoms in total. The van der Waals surface area contributed by atoms with Crippen LogP contribution >= 0.6 is 0 Å². The summed E-state index contributed by atoms with van der Waals surface area (Å²) in [5.74, 6) is -1.05. The minimum absolute atomic E-state index is 0.0159. The molecule has 0 spiro atoms. The summed E-state index contributed by atoms with van der Waals surface area (Å²) in [5, 5.41) is 8.52. The van der Waals surface area contributed by atoms with Gasteiger partial charge in [-0.05, 0) is 18.4 Å². The van der Waals surface area contributed by atoms with Crippen molar-refractivity contribution in [3.63, 3.8) is 0 Å². The molecule has 5 N–H and O–H groups in total. The van der Waals surface area contributed by atoms with Crippen molar-refractivity contribution in [3.05, 3.63) is 0 Å². The molecular weight excluding hydrogens is 196 g/mol. The quantitative estimate of drug-likeness (QED) is 0.560. The van der Waals surface area contributed by atoms with Crippen molar-refractivity contribution >= 4 is 11.8 Å². The molecule has 0 aliphatic carbocycles. The van der Waals surface area contributed by atoms with Gasteiger partial charge in [0.05, 0.1) is 0 Å². The van der Waals surface area contributed by atoms with Gasteiger partial charge in [-0.15, -0.1) is 0 Å². The number of carboxylic acids is 1. The summed E-state index contributed by atoms with van der Waals surface area (Å²) in [6.07, 6.45) is 0.765. The third-order valence-corrected chi connectivity index (χ3v) is 2.28. The van der Waals surface area contributed by atoms with E-state index in [4.69, 9.17) is 16.6 Å². The molecule has 0 rings (SSSR count). The molecule has 0 saturated heterocycles. The zero-order chi connectivity index (χ0) is 12.1. The average molecular weight is 216 g/mol. The largest absolute Gasteiger partial charge is 0.480 e. The van der Waals surface area contributed by atoms with Gasteiger partial charge in [0.2, 0.25) is 0 Å². The Morgan fingerprint density at radius 3 is 2.33 bits per heavy atom. The number of ketones is 1. The number of carboxylic acid groups (broad SMARTS) is 1. The minimum atomic E-state index is -1.07. The Balaban J connectivity index is 3.91. The van der Waals surface area contributed by atoms with Gasteiger partial charge >= 0.3 is 5.97 Å².